The summed E-state index contributed by atoms with van der Waals surface area (Å²) in [6.45, 7) is 9.53. The molecule has 1 fully saturated rings. The SMILES string of the molecule is CC1(C)Oc2ccccc2C=C1C(=O)NCCCCN1CCN(c2cccc(C#N)c2)CC1. The van der Waals surface area contributed by atoms with Crippen LogP contribution in [0, 0.1) is 11.3 Å². The van der Waals surface area contributed by atoms with Crippen LogP contribution in [0.3, 0.4) is 0 Å². The average molecular weight is 445 g/mol. The number of amides is 1. The number of anilines is 1. The number of fused-ring (bicyclic) bond motifs is 1. The Morgan fingerprint density at radius 3 is 2.67 bits per heavy atom. The van der Waals surface area contributed by atoms with Crippen LogP contribution in [-0.2, 0) is 4.79 Å². The first-order valence-corrected chi connectivity index (χ1v) is 11.7. The van der Waals surface area contributed by atoms with Crippen molar-refractivity contribution in [3.8, 4) is 11.8 Å². The summed E-state index contributed by atoms with van der Waals surface area (Å²) in [6.07, 6.45) is 3.94. The Hall–Kier alpha value is -3.30. The second-order valence-electron chi connectivity index (χ2n) is 9.16. The molecule has 0 radical (unpaired) electrons. The van der Waals surface area contributed by atoms with Gasteiger partial charge in [-0.05, 0) is 63.6 Å². The second-order valence-corrected chi connectivity index (χ2v) is 9.16. The third-order valence-corrected chi connectivity index (χ3v) is 6.38. The van der Waals surface area contributed by atoms with E-state index < -0.39 is 5.60 Å². The van der Waals surface area contributed by atoms with Gasteiger partial charge in [0.05, 0.1) is 17.2 Å². The molecule has 6 nitrogen and oxygen atoms in total. The van der Waals surface area contributed by atoms with Crippen molar-refractivity contribution < 1.29 is 9.53 Å². The summed E-state index contributed by atoms with van der Waals surface area (Å²) in [7, 11) is 0. The Morgan fingerprint density at radius 2 is 1.88 bits per heavy atom. The van der Waals surface area contributed by atoms with Crippen LogP contribution in [-0.4, -0.2) is 55.7 Å². The summed E-state index contributed by atoms with van der Waals surface area (Å²) >= 11 is 0. The van der Waals surface area contributed by atoms with Crippen molar-refractivity contribution in [2.45, 2.75) is 32.3 Å². The predicted octanol–water partition coefficient (Wildman–Crippen LogP) is 3.83. The van der Waals surface area contributed by atoms with Crippen LogP contribution in [0.25, 0.3) is 6.08 Å². The van der Waals surface area contributed by atoms with Gasteiger partial charge in [0, 0.05) is 44.0 Å². The molecule has 2 aromatic carbocycles. The molecule has 0 unspecified atom stereocenters. The summed E-state index contributed by atoms with van der Waals surface area (Å²) in [5, 5.41) is 12.2. The highest BCUT2D eigenvalue weighted by atomic mass is 16.5. The molecule has 1 amide bonds. The molecular formula is C27H32N4O2. The summed E-state index contributed by atoms with van der Waals surface area (Å²) in [4.78, 5) is 17.6. The maximum Gasteiger partial charge on any atom is 0.251 e. The number of nitriles is 1. The minimum atomic E-state index is -0.648. The zero-order valence-electron chi connectivity index (χ0n) is 19.5. The van der Waals surface area contributed by atoms with Crippen LogP contribution >= 0.6 is 0 Å². The van der Waals surface area contributed by atoms with Crippen LogP contribution < -0.4 is 15.0 Å². The van der Waals surface area contributed by atoms with E-state index in [0.29, 0.717) is 17.7 Å². The molecule has 2 heterocycles. The van der Waals surface area contributed by atoms with Gasteiger partial charge in [0.25, 0.3) is 5.91 Å². The van der Waals surface area contributed by atoms with E-state index in [9.17, 15) is 4.79 Å². The minimum Gasteiger partial charge on any atom is -0.482 e. The summed E-state index contributed by atoms with van der Waals surface area (Å²) in [5.41, 5.74) is 2.80. The number of carbonyl (C=O) groups excluding carboxylic acids is 1. The molecule has 1 N–H and O–H groups in total. The number of ether oxygens (including phenoxy) is 1. The molecule has 4 rings (SSSR count). The van der Waals surface area contributed by atoms with Gasteiger partial charge in [-0.3, -0.25) is 9.69 Å². The van der Waals surface area contributed by atoms with Gasteiger partial charge in [-0.2, -0.15) is 5.26 Å². The lowest BCUT2D eigenvalue weighted by Crippen LogP contribution is -2.46. The van der Waals surface area contributed by atoms with E-state index >= 15 is 0 Å². The number of nitrogens with zero attached hydrogens (tertiary/aromatic N) is 3. The van der Waals surface area contributed by atoms with Gasteiger partial charge < -0.3 is 15.0 Å². The van der Waals surface area contributed by atoms with E-state index in [-0.39, 0.29) is 5.91 Å². The molecule has 0 spiro atoms. The molecule has 0 aliphatic carbocycles. The third kappa shape index (κ3) is 5.55. The quantitative estimate of drug-likeness (QED) is 0.658. The molecule has 0 saturated carbocycles. The van der Waals surface area contributed by atoms with E-state index in [1.165, 1.54) is 0 Å². The van der Waals surface area contributed by atoms with Crippen molar-refractivity contribution in [2.75, 3.05) is 44.2 Å². The van der Waals surface area contributed by atoms with E-state index in [0.717, 1.165) is 62.6 Å². The number of hydrogen-bond donors (Lipinski definition) is 1. The molecule has 172 valence electrons. The molecule has 33 heavy (non-hydrogen) atoms. The Balaban J connectivity index is 1.18. The normalized spacial score (nSPS) is 17.4. The van der Waals surface area contributed by atoms with Crippen LogP contribution in [0.1, 0.15) is 37.8 Å². The van der Waals surface area contributed by atoms with E-state index in [2.05, 4.69) is 27.3 Å². The summed E-state index contributed by atoms with van der Waals surface area (Å²) < 4.78 is 6.06. The lowest BCUT2D eigenvalue weighted by Gasteiger charge is -2.36. The van der Waals surface area contributed by atoms with E-state index in [1.807, 2.05) is 62.4 Å². The lowest BCUT2D eigenvalue weighted by atomic mass is 9.91. The minimum absolute atomic E-state index is 0.0530. The molecule has 1 saturated heterocycles. The largest absolute Gasteiger partial charge is 0.482 e. The molecular weight excluding hydrogens is 412 g/mol. The first-order valence-electron chi connectivity index (χ1n) is 11.7. The smallest absolute Gasteiger partial charge is 0.251 e. The molecule has 6 heteroatoms. The second kappa shape index (κ2) is 10.1. The average Bonchev–Trinajstić information content (AvgIpc) is 2.83. The van der Waals surface area contributed by atoms with Crippen molar-refractivity contribution in [3.63, 3.8) is 0 Å². The molecule has 0 bridgehead atoms. The molecule has 0 atom stereocenters. The van der Waals surface area contributed by atoms with Gasteiger partial charge in [0.1, 0.15) is 11.4 Å². The molecule has 2 aliphatic heterocycles. The number of benzene rings is 2. The number of rotatable bonds is 7. The summed E-state index contributed by atoms with van der Waals surface area (Å²) in [5.74, 6) is 0.764. The van der Waals surface area contributed by atoms with Gasteiger partial charge >= 0.3 is 0 Å². The van der Waals surface area contributed by atoms with Crippen molar-refractivity contribution in [1.29, 1.82) is 5.26 Å². The van der Waals surface area contributed by atoms with Crippen LogP contribution in [0.5, 0.6) is 5.75 Å². The van der Waals surface area contributed by atoms with E-state index in [1.54, 1.807) is 0 Å². The van der Waals surface area contributed by atoms with Crippen molar-refractivity contribution in [1.82, 2.24) is 10.2 Å². The Morgan fingerprint density at radius 1 is 1.09 bits per heavy atom. The van der Waals surface area contributed by atoms with Crippen molar-refractivity contribution in [3.05, 3.63) is 65.2 Å². The third-order valence-electron chi connectivity index (χ3n) is 6.38. The number of hydrogen-bond acceptors (Lipinski definition) is 5. The van der Waals surface area contributed by atoms with Crippen LogP contribution in [0.2, 0.25) is 0 Å². The maximum atomic E-state index is 12.8. The lowest BCUT2D eigenvalue weighted by molar-refractivity contribution is -0.119. The van der Waals surface area contributed by atoms with Gasteiger partial charge in [-0.15, -0.1) is 0 Å². The van der Waals surface area contributed by atoms with Crippen molar-refractivity contribution in [2.24, 2.45) is 0 Å². The predicted molar refractivity (Wildman–Crippen MR) is 131 cm³/mol. The first-order chi connectivity index (χ1) is 16.0. The van der Waals surface area contributed by atoms with E-state index in [4.69, 9.17) is 10.00 Å². The fourth-order valence-corrected chi connectivity index (χ4v) is 4.45. The standard InChI is InChI=1S/C27H32N4O2/c1-27(2)24(19-22-9-3-4-11-25(22)33-27)26(32)29-12-5-6-13-30-14-16-31(17-15-30)23-10-7-8-21(18-23)20-28/h3-4,7-11,18-19H,5-6,12-17H2,1-2H3,(H,29,32). The number of unbranched alkanes of at least 4 members (excludes halogenated alkanes) is 1. The van der Waals surface area contributed by atoms with Gasteiger partial charge in [-0.25, -0.2) is 0 Å². The number of nitrogens with one attached hydrogen (secondary N) is 1. The Kier molecular flexibility index (Phi) is 7.00. The number of piperazine rings is 1. The Labute approximate surface area is 196 Å². The number of para-hydroxylation sites is 1. The van der Waals surface area contributed by atoms with Crippen LogP contribution in [0.4, 0.5) is 5.69 Å². The fourth-order valence-electron chi connectivity index (χ4n) is 4.45. The highest BCUT2D eigenvalue weighted by Crippen LogP contribution is 2.35. The monoisotopic (exact) mass is 444 g/mol. The first kappa shape index (κ1) is 22.9. The van der Waals surface area contributed by atoms with Gasteiger partial charge in [0.15, 0.2) is 0 Å². The number of carbonyl (C=O) groups is 1. The maximum absolute atomic E-state index is 12.8. The highest BCUT2D eigenvalue weighted by Gasteiger charge is 2.34. The fraction of sp³-hybridized carbons (Fsp3) is 0.407. The molecule has 2 aliphatic rings. The molecule has 2 aromatic rings. The Bertz CT molecular complexity index is 1060. The molecule has 0 aromatic heterocycles. The summed E-state index contributed by atoms with van der Waals surface area (Å²) in [6, 6.07) is 17.9. The van der Waals surface area contributed by atoms with Gasteiger partial charge in [-0.1, -0.05) is 24.3 Å². The zero-order chi connectivity index (χ0) is 23.3. The highest BCUT2D eigenvalue weighted by molar-refractivity contribution is 6.00. The van der Waals surface area contributed by atoms with Crippen LogP contribution in [0.15, 0.2) is 54.1 Å². The van der Waals surface area contributed by atoms with Gasteiger partial charge in [0.2, 0.25) is 0 Å². The van der Waals surface area contributed by atoms with Crippen molar-refractivity contribution >= 4 is 17.7 Å². The zero-order valence-corrected chi connectivity index (χ0v) is 19.5. The topological polar surface area (TPSA) is 68.6 Å².